The van der Waals surface area contributed by atoms with Gasteiger partial charge in [-0.05, 0) is 79.9 Å². The third-order valence-electron chi connectivity index (χ3n) is 9.50. The molecule has 7 aromatic rings. The summed E-state index contributed by atoms with van der Waals surface area (Å²) in [5.41, 5.74) is 11.4. The number of para-hydroxylation sites is 4. The van der Waals surface area contributed by atoms with Crippen LogP contribution in [0, 0.1) is 0 Å². The van der Waals surface area contributed by atoms with Crippen molar-refractivity contribution in [2.45, 2.75) is 25.3 Å². The molecule has 216 valence electrons. The maximum absolute atomic E-state index is 2.59. The van der Waals surface area contributed by atoms with Gasteiger partial charge in [-0.2, -0.15) is 0 Å². The number of aromatic nitrogens is 2. The molecule has 0 aliphatic heterocycles. The van der Waals surface area contributed by atoms with E-state index in [4.69, 9.17) is 0 Å². The van der Waals surface area contributed by atoms with Gasteiger partial charge >= 0.3 is 0 Å². The Morgan fingerprint density at radius 2 is 1.29 bits per heavy atom. The zero-order valence-electron chi connectivity index (χ0n) is 25.1. The van der Waals surface area contributed by atoms with Crippen molar-refractivity contribution in [1.29, 1.82) is 0 Å². The largest absolute Gasteiger partial charge is 0.337 e. The second kappa shape index (κ2) is 10.6. The molecule has 2 aliphatic carbocycles. The number of rotatable bonds is 5. The fourth-order valence-electron chi connectivity index (χ4n) is 7.57. The zero-order valence-corrected chi connectivity index (χ0v) is 25.1. The summed E-state index contributed by atoms with van der Waals surface area (Å²) in [5, 5.41) is 3.87. The standard InChI is InChI=1S/C42H33N3/c1-4-14-30(15-5-1)43(33-24-26-41-37(28-33)35-20-10-12-22-39(35)44(41)31-16-6-2-7-17-31)34-25-27-42-38(29-34)36-21-11-13-23-40(36)45(42)32-18-8-3-9-19-32/h1-18,20-24,26,28-29,32H,19,25,27H2. The molecule has 0 saturated carbocycles. The van der Waals surface area contributed by atoms with E-state index in [1.807, 2.05) is 0 Å². The molecule has 0 saturated heterocycles. The highest BCUT2D eigenvalue weighted by atomic mass is 15.2. The van der Waals surface area contributed by atoms with Crippen LogP contribution in [0.1, 0.15) is 30.1 Å². The number of allylic oxidation sites excluding steroid dienone is 5. The van der Waals surface area contributed by atoms with Crippen molar-refractivity contribution >= 4 is 50.2 Å². The van der Waals surface area contributed by atoms with Crippen LogP contribution in [0.15, 0.2) is 157 Å². The molecule has 0 amide bonds. The van der Waals surface area contributed by atoms with Crippen LogP contribution >= 0.6 is 0 Å². The Labute approximate surface area is 263 Å². The second-order valence-corrected chi connectivity index (χ2v) is 12.1. The Morgan fingerprint density at radius 1 is 0.578 bits per heavy atom. The first-order valence-corrected chi connectivity index (χ1v) is 15.9. The van der Waals surface area contributed by atoms with E-state index in [0.717, 1.165) is 19.3 Å². The van der Waals surface area contributed by atoms with E-state index in [0.29, 0.717) is 6.04 Å². The molecule has 9 rings (SSSR count). The molecule has 0 fully saturated rings. The van der Waals surface area contributed by atoms with Gasteiger partial charge in [0.2, 0.25) is 0 Å². The molecule has 45 heavy (non-hydrogen) atoms. The number of hydrogen-bond donors (Lipinski definition) is 0. The maximum atomic E-state index is 2.59. The quantitative estimate of drug-likeness (QED) is 0.198. The van der Waals surface area contributed by atoms with Crippen molar-refractivity contribution in [2.24, 2.45) is 0 Å². The van der Waals surface area contributed by atoms with Gasteiger partial charge in [-0.1, -0.05) is 97.1 Å². The van der Waals surface area contributed by atoms with Gasteiger partial charge in [-0.15, -0.1) is 0 Å². The van der Waals surface area contributed by atoms with E-state index in [1.165, 1.54) is 66.7 Å². The van der Waals surface area contributed by atoms with Crippen LogP contribution in [0.5, 0.6) is 0 Å². The highest BCUT2D eigenvalue weighted by molar-refractivity contribution is 6.10. The van der Waals surface area contributed by atoms with Gasteiger partial charge in [-0.25, -0.2) is 0 Å². The summed E-state index contributed by atoms with van der Waals surface area (Å²) in [6.07, 6.45) is 14.5. The predicted molar refractivity (Wildman–Crippen MR) is 190 cm³/mol. The van der Waals surface area contributed by atoms with E-state index < -0.39 is 0 Å². The molecule has 3 heteroatoms. The van der Waals surface area contributed by atoms with E-state index in [1.54, 1.807) is 0 Å². The Balaban J connectivity index is 1.24. The van der Waals surface area contributed by atoms with E-state index >= 15 is 0 Å². The van der Waals surface area contributed by atoms with Gasteiger partial charge in [0, 0.05) is 55.7 Å². The molecule has 3 nitrogen and oxygen atoms in total. The lowest BCUT2D eigenvalue weighted by Gasteiger charge is -2.31. The third-order valence-corrected chi connectivity index (χ3v) is 9.50. The summed E-state index contributed by atoms with van der Waals surface area (Å²) < 4.78 is 4.98. The van der Waals surface area contributed by atoms with Crippen LogP contribution in [-0.4, -0.2) is 9.13 Å². The van der Waals surface area contributed by atoms with Crippen molar-refractivity contribution in [3.05, 3.63) is 169 Å². The van der Waals surface area contributed by atoms with Gasteiger partial charge in [0.05, 0.1) is 17.1 Å². The Kier molecular flexibility index (Phi) is 6.09. The van der Waals surface area contributed by atoms with Gasteiger partial charge in [0.25, 0.3) is 0 Å². The number of benzene rings is 5. The van der Waals surface area contributed by atoms with Crippen molar-refractivity contribution in [1.82, 2.24) is 9.13 Å². The molecule has 2 aromatic heterocycles. The number of anilines is 2. The van der Waals surface area contributed by atoms with E-state index in [9.17, 15) is 0 Å². The van der Waals surface area contributed by atoms with Crippen molar-refractivity contribution in [3.8, 4) is 5.69 Å². The monoisotopic (exact) mass is 579 g/mol. The average molecular weight is 580 g/mol. The Morgan fingerprint density at radius 3 is 2.09 bits per heavy atom. The van der Waals surface area contributed by atoms with Crippen molar-refractivity contribution < 1.29 is 0 Å². The number of hydrogen-bond acceptors (Lipinski definition) is 1. The fraction of sp³-hybridized carbons (Fsp3) is 0.0952. The lowest BCUT2D eigenvalue weighted by Crippen LogP contribution is -2.20. The molecule has 0 N–H and O–H groups in total. The minimum Gasteiger partial charge on any atom is -0.337 e. The fourth-order valence-corrected chi connectivity index (χ4v) is 7.57. The molecule has 2 aliphatic rings. The zero-order chi connectivity index (χ0) is 29.7. The Bertz CT molecular complexity index is 2300. The SMILES string of the molecule is C1=CCC(n2c3c(c4ccccc42)C=C(N(c2ccccc2)c2ccc4c(c2)c2ccccc2n4-c2ccccc2)CC3)C=C1. The van der Waals surface area contributed by atoms with E-state index in [2.05, 4.69) is 172 Å². The van der Waals surface area contributed by atoms with Crippen LogP contribution in [0.2, 0.25) is 0 Å². The molecule has 0 radical (unpaired) electrons. The maximum Gasteiger partial charge on any atom is 0.0557 e. The second-order valence-electron chi connectivity index (χ2n) is 12.1. The lowest BCUT2D eigenvalue weighted by atomic mass is 9.97. The first-order valence-electron chi connectivity index (χ1n) is 15.9. The normalized spacial score (nSPS) is 15.9. The topological polar surface area (TPSA) is 13.1 Å². The van der Waals surface area contributed by atoms with Crippen LogP contribution in [-0.2, 0) is 6.42 Å². The minimum absolute atomic E-state index is 0.355. The van der Waals surface area contributed by atoms with Gasteiger partial charge in [0.1, 0.15) is 0 Å². The summed E-state index contributed by atoms with van der Waals surface area (Å²) in [6.45, 7) is 0. The highest BCUT2D eigenvalue weighted by Gasteiger charge is 2.27. The van der Waals surface area contributed by atoms with Gasteiger partial charge in [0.15, 0.2) is 0 Å². The van der Waals surface area contributed by atoms with Gasteiger partial charge < -0.3 is 14.0 Å². The first kappa shape index (κ1) is 25.9. The predicted octanol–water partition coefficient (Wildman–Crippen LogP) is 10.9. The molecule has 1 atom stereocenters. The van der Waals surface area contributed by atoms with Gasteiger partial charge in [-0.3, -0.25) is 0 Å². The number of nitrogens with zero attached hydrogens (tertiary/aromatic N) is 3. The molecule has 0 bridgehead atoms. The molecule has 2 heterocycles. The third kappa shape index (κ3) is 4.19. The highest BCUT2D eigenvalue weighted by Crippen LogP contribution is 2.43. The molecule has 5 aromatic carbocycles. The molecule has 1 unspecified atom stereocenters. The Hall–Kier alpha value is -5.54. The van der Waals surface area contributed by atoms with Crippen molar-refractivity contribution in [2.75, 3.05) is 4.90 Å². The van der Waals surface area contributed by atoms with Crippen LogP contribution in [0.25, 0.3) is 44.5 Å². The van der Waals surface area contributed by atoms with Crippen LogP contribution < -0.4 is 4.90 Å². The molecular formula is C42H33N3. The summed E-state index contributed by atoms with van der Waals surface area (Å²) in [5.74, 6) is 0. The van der Waals surface area contributed by atoms with Crippen molar-refractivity contribution in [3.63, 3.8) is 0 Å². The molecular weight excluding hydrogens is 546 g/mol. The number of fused-ring (bicyclic) bond motifs is 6. The summed E-state index contributed by atoms with van der Waals surface area (Å²) in [4.78, 5) is 2.48. The summed E-state index contributed by atoms with van der Waals surface area (Å²) in [6, 6.07) is 46.6. The first-order chi connectivity index (χ1) is 22.3. The smallest absolute Gasteiger partial charge is 0.0557 e. The minimum atomic E-state index is 0.355. The average Bonchev–Trinajstić information content (AvgIpc) is 3.62. The van der Waals surface area contributed by atoms with Crippen LogP contribution in [0.4, 0.5) is 11.4 Å². The van der Waals surface area contributed by atoms with Crippen LogP contribution in [0.3, 0.4) is 0 Å². The summed E-state index contributed by atoms with van der Waals surface area (Å²) >= 11 is 0. The van der Waals surface area contributed by atoms with E-state index in [-0.39, 0.29) is 0 Å². The lowest BCUT2D eigenvalue weighted by molar-refractivity contribution is 0.596. The summed E-state index contributed by atoms with van der Waals surface area (Å²) in [7, 11) is 0. The molecule has 0 spiro atoms.